The summed E-state index contributed by atoms with van der Waals surface area (Å²) in [6.07, 6.45) is 1.25. The first-order chi connectivity index (χ1) is 5.13. The number of aromatic nitrogens is 1. The van der Waals surface area contributed by atoms with Crippen LogP contribution in [0, 0.1) is 10.1 Å². The van der Waals surface area contributed by atoms with Crippen LogP contribution in [-0.2, 0) is 0 Å². The highest BCUT2D eigenvalue weighted by Gasteiger charge is 2.11. The van der Waals surface area contributed by atoms with Crippen molar-refractivity contribution < 1.29 is 4.92 Å². The Balaban J connectivity index is 3.40. The smallest absolute Gasteiger partial charge is 0.336 e. The average molecular weight is 155 g/mol. The first kappa shape index (κ1) is 7.26. The molecule has 11 heavy (non-hydrogen) atoms. The molecule has 0 saturated heterocycles. The molecule has 1 aromatic heterocycles. The summed E-state index contributed by atoms with van der Waals surface area (Å²) in [5.41, 5.74) is -1.33. The Hall–Kier alpha value is -1.85. The van der Waals surface area contributed by atoms with Crippen molar-refractivity contribution in [2.24, 2.45) is 0 Å². The van der Waals surface area contributed by atoms with Gasteiger partial charge in [-0.25, -0.2) is 4.68 Å². The number of pyridine rings is 1. The zero-order valence-corrected chi connectivity index (χ0v) is 5.43. The fourth-order valence-corrected chi connectivity index (χ4v) is 0.637. The van der Waals surface area contributed by atoms with E-state index in [1.807, 2.05) is 0 Å². The van der Waals surface area contributed by atoms with Crippen LogP contribution in [-0.4, -0.2) is 9.60 Å². The van der Waals surface area contributed by atoms with E-state index >= 15 is 0 Å². The quantitative estimate of drug-likeness (QED) is 0.335. The lowest BCUT2D eigenvalue weighted by molar-refractivity contribution is -0.386. The molecule has 0 aromatic carbocycles. The van der Waals surface area contributed by atoms with E-state index in [1.165, 1.54) is 12.3 Å². The van der Waals surface area contributed by atoms with Crippen LogP contribution in [0.1, 0.15) is 0 Å². The van der Waals surface area contributed by atoms with E-state index in [2.05, 4.69) is 0 Å². The Morgan fingerprint density at radius 1 is 1.64 bits per heavy atom. The van der Waals surface area contributed by atoms with Crippen molar-refractivity contribution in [2.45, 2.75) is 0 Å². The fraction of sp³-hybridized carbons (Fsp3) is 0. The van der Waals surface area contributed by atoms with Crippen LogP contribution < -0.4 is 11.4 Å². The van der Waals surface area contributed by atoms with Crippen molar-refractivity contribution in [3.8, 4) is 0 Å². The lowest BCUT2D eigenvalue weighted by Crippen LogP contribution is -2.27. The van der Waals surface area contributed by atoms with Gasteiger partial charge in [-0.05, 0) is 6.07 Å². The van der Waals surface area contributed by atoms with Crippen LogP contribution in [0.4, 0.5) is 5.69 Å². The summed E-state index contributed by atoms with van der Waals surface area (Å²) in [7, 11) is 0. The van der Waals surface area contributed by atoms with E-state index in [4.69, 9.17) is 5.84 Å². The minimum Gasteiger partial charge on any atom is -0.336 e. The van der Waals surface area contributed by atoms with Gasteiger partial charge < -0.3 is 5.84 Å². The van der Waals surface area contributed by atoms with Crippen LogP contribution in [0.5, 0.6) is 0 Å². The molecule has 1 rings (SSSR count). The van der Waals surface area contributed by atoms with Gasteiger partial charge in [0.15, 0.2) is 0 Å². The molecule has 58 valence electrons. The maximum absolute atomic E-state index is 10.8. The van der Waals surface area contributed by atoms with Gasteiger partial charge in [-0.2, -0.15) is 0 Å². The number of hydrogen-bond acceptors (Lipinski definition) is 4. The molecule has 6 heteroatoms. The van der Waals surface area contributed by atoms with E-state index in [0.29, 0.717) is 4.68 Å². The van der Waals surface area contributed by atoms with Gasteiger partial charge in [0.25, 0.3) is 0 Å². The average Bonchev–Trinajstić information content (AvgIpc) is 1.94. The Kier molecular flexibility index (Phi) is 1.59. The van der Waals surface area contributed by atoms with Gasteiger partial charge in [-0.3, -0.25) is 14.9 Å². The van der Waals surface area contributed by atoms with Crippen molar-refractivity contribution in [3.05, 3.63) is 38.8 Å². The lowest BCUT2D eigenvalue weighted by atomic mass is 10.4. The molecular formula is C5H5N3O3. The molecule has 0 aliphatic rings. The molecule has 1 heterocycles. The summed E-state index contributed by atoms with van der Waals surface area (Å²) in [4.78, 5) is 20.1. The molecule has 2 N–H and O–H groups in total. The molecule has 1 aromatic rings. The predicted octanol–water partition coefficient (Wildman–Crippen LogP) is -0.530. The van der Waals surface area contributed by atoms with Crippen LogP contribution >= 0.6 is 0 Å². The Morgan fingerprint density at radius 2 is 2.27 bits per heavy atom. The van der Waals surface area contributed by atoms with E-state index in [1.54, 1.807) is 0 Å². The second kappa shape index (κ2) is 2.41. The van der Waals surface area contributed by atoms with E-state index in [9.17, 15) is 14.9 Å². The molecule has 0 radical (unpaired) electrons. The molecule has 0 atom stereocenters. The standard InChI is InChI=1S/C5H5N3O3/c6-7-3-1-2-4(5(7)9)8(10)11/h1-3H,6H2. The van der Waals surface area contributed by atoms with Crippen molar-refractivity contribution in [1.29, 1.82) is 0 Å². The highest BCUT2D eigenvalue weighted by molar-refractivity contribution is 5.24. The number of rotatable bonds is 1. The minimum atomic E-state index is -0.808. The number of nitrogen functional groups attached to an aromatic ring is 1. The third-order valence-corrected chi connectivity index (χ3v) is 1.15. The van der Waals surface area contributed by atoms with Crippen molar-refractivity contribution in [3.63, 3.8) is 0 Å². The molecule has 0 fully saturated rings. The summed E-state index contributed by atoms with van der Waals surface area (Å²) >= 11 is 0. The van der Waals surface area contributed by atoms with Gasteiger partial charge in [0.2, 0.25) is 0 Å². The Bertz CT molecular complexity index is 343. The van der Waals surface area contributed by atoms with Crippen LogP contribution in [0.2, 0.25) is 0 Å². The van der Waals surface area contributed by atoms with Gasteiger partial charge in [0, 0.05) is 12.3 Å². The normalized spacial score (nSPS) is 9.45. The molecule has 0 aliphatic heterocycles. The van der Waals surface area contributed by atoms with E-state index in [0.717, 1.165) is 6.07 Å². The third-order valence-electron chi connectivity index (χ3n) is 1.15. The zero-order chi connectivity index (χ0) is 8.43. The summed E-state index contributed by atoms with van der Waals surface area (Å²) in [5, 5.41) is 10.1. The lowest BCUT2D eigenvalue weighted by Gasteiger charge is -1.93. The molecule has 0 unspecified atom stereocenters. The molecule has 6 nitrogen and oxygen atoms in total. The molecule has 0 aliphatic carbocycles. The second-order valence-electron chi connectivity index (χ2n) is 1.86. The maximum atomic E-state index is 10.8. The van der Waals surface area contributed by atoms with Gasteiger partial charge in [0.05, 0.1) is 4.92 Å². The van der Waals surface area contributed by atoms with Gasteiger partial charge in [0.1, 0.15) is 0 Å². The highest BCUT2D eigenvalue weighted by Crippen LogP contribution is 1.99. The van der Waals surface area contributed by atoms with Crippen molar-refractivity contribution in [2.75, 3.05) is 5.84 Å². The first-order valence-corrected chi connectivity index (χ1v) is 2.74. The summed E-state index contributed by atoms with van der Waals surface area (Å²) in [5.74, 6) is 5.06. The molecule has 0 spiro atoms. The van der Waals surface area contributed by atoms with Crippen LogP contribution in [0.15, 0.2) is 23.1 Å². The minimum absolute atomic E-state index is 0.519. The number of nitrogens with two attached hydrogens (primary N) is 1. The number of nitro groups is 1. The Labute approximate surface area is 61.0 Å². The predicted molar refractivity (Wildman–Crippen MR) is 37.5 cm³/mol. The fourth-order valence-electron chi connectivity index (χ4n) is 0.637. The van der Waals surface area contributed by atoms with Crippen molar-refractivity contribution >= 4 is 5.69 Å². The number of hydrogen-bond donors (Lipinski definition) is 1. The summed E-state index contributed by atoms with van der Waals surface area (Å²) < 4.78 is 0.665. The topological polar surface area (TPSA) is 91.2 Å². The zero-order valence-electron chi connectivity index (χ0n) is 5.43. The summed E-state index contributed by atoms with van der Waals surface area (Å²) in [6.45, 7) is 0. The first-order valence-electron chi connectivity index (χ1n) is 2.74. The molecule has 0 bridgehead atoms. The van der Waals surface area contributed by atoms with E-state index in [-0.39, 0.29) is 0 Å². The largest absolute Gasteiger partial charge is 0.346 e. The van der Waals surface area contributed by atoms with Gasteiger partial charge in [-0.1, -0.05) is 0 Å². The Morgan fingerprint density at radius 3 is 2.73 bits per heavy atom. The van der Waals surface area contributed by atoms with Gasteiger partial charge in [-0.15, -0.1) is 0 Å². The highest BCUT2D eigenvalue weighted by atomic mass is 16.6. The van der Waals surface area contributed by atoms with Crippen LogP contribution in [0.3, 0.4) is 0 Å². The van der Waals surface area contributed by atoms with Gasteiger partial charge >= 0.3 is 11.2 Å². The molecule has 0 saturated carbocycles. The third kappa shape index (κ3) is 1.18. The second-order valence-corrected chi connectivity index (χ2v) is 1.86. The SMILES string of the molecule is Nn1cccc([N+](=O)[O-])c1=O. The van der Waals surface area contributed by atoms with Crippen molar-refractivity contribution in [1.82, 2.24) is 4.68 Å². The summed E-state index contributed by atoms with van der Waals surface area (Å²) in [6, 6.07) is 2.44. The molecular weight excluding hydrogens is 150 g/mol. The molecule has 0 amide bonds. The van der Waals surface area contributed by atoms with E-state index < -0.39 is 16.2 Å². The maximum Gasteiger partial charge on any atom is 0.346 e. The monoisotopic (exact) mass is 155 g/mol. The van der Waals surface area contributed by atoms with Crippen LogP contribution in [0.25, 0.3) is 0 Å². The number of nitrogens with zero attached hydrogens (tertiary/aromatic N) is 2.